The van der Waals surface area contributed by atoms with Crippen LogP contribution in [0.2, 0.25) is 10.0 Å². The Kier molecular flexibility index (Phi) is 6.50. The van der Waals surface area contributed by atoms with Crippen molar-refractivity contribution in [2.75, 3.05) is 36.8 Å². The zero-order valence-corrected chi connectivity index (χ0v) is 18.1. The molecule has 31 heavy (non-hydrogen) atoms. The summed E-state index contributed by atoms with van der Waals surface area (Å²) in [5.74, 6) is 1.20. The fraction of sp³-hybridized carbons (Fsp3) is 0.238. The molecule has 160 valence electrons. The van der Waals surface area contributed by atoms with Gasteiger partial charge in [0, 0.05) is 73.3 Å². The van der Waals surface area contributed by atoms with E-state index in [0.717, 1.165) is 26.2 Å². The van der Waals surface area contributed by atoms with Crippen LogP contribution in [0.4, 0.5) is 11.6 Å². The minimum absolute atomic E-state index is 0.166. The van der Waals surface area contributed by atoms with Crippen molar-refractivity contribution < 1.29 is 4.74 Å². The SMILES string of the molecule is N=C(c1cnc(N2CCNCC2)nc1)c1cc(OCc2c(Cl)cncc2Cl)ccc1N. The van der Waals surface area contributed by atoms with E-state index in [4.69, 9.17) is 39.1 Å². The molecular formula is C21H21Cl2N7O. The fourth-order valence-electron chi connectivity index (χ4n) is 3.21. The van der Waals surface area contributed by atoms with Crippen molar-refractivity contribution >= 4 is 40.5 Å². The number of halogens is 2. The number of hydrogen-bond donors (Lipinski definition) is 3. The predicted octanol–water partition coefficient (Wildman–Crippen LogP) is 3.17. The molecule has 0 spiro atoms. The molecule has 0 atom stereocenters. The zero-order valence-electron chi connectivity index (χ0n) is 16.6. The second-order valence-electron chi connectivity index (χ2n) is 7.00. The van der Waals surface area contributed by atoms with Gasteiger partial charge in [0.25, 0.3) is 0 Å². The van der Waals surface area contributed by atoms with Crippen LogP contribution in [0.25, 0.3) is 0 Å². The zero-order chi connectivity index (χ0) is 21.8. The molecule has 4 rings (SSSR count). The van der Waals surface area contributed by atoms with Crippen LogP contribution in [0, 0.1) is 5.41 Å². The van der Waals surface area contributed by atoms with Gasteiger partial charge in [-0.15, -0.1) is 0 Å². The molecule has 0 radical (unpaired) electrons. The Morgan fingerprint density at radius 3 is 2.45 bits per heavy atom. The van der Waals surface area contributed by atoms with Crippen LogP contribution in [0.3, 0.4) is 0 Å². The van der Waals surface area contributed by atoms with Crippen LogP contribution in [-0.4, -0.2) is 46.8 Å². The number of nitrogen functional groups attached to an aromatic ring is 1. The molecule has 0 saturated carbocycles. The molecule has 4 N–H and O–H groups in total. The van der Waals surface area contributed by atoms with Gasteiger partial charge in [0.05, 0.1) is 15.8 Å². The first-order chi connectivity index (χ1) is 15.0. The Morgan fingerprint density at radius 1 is 1.10 bits per heavy atom. The molecular weight excluding hydrogens is 437 g/mol. The number of ether oxygens (including phenoxy) is 1. The molecule has 1 aromatic carbocycles. The molecule has 10 heteroatoms. The van der Waals surface area contributed by atoms with Crippen molar-refractivity contribution in [3.8, 4) is 5.75 Å². The number of piperazine rings is 1. The lowest BCUT2D eigenvalue weighted by Crippen LogP contribution is -2.44. The van der Waals surface area contributed by atoms with Gasteiger partial charge in [0.15, 0.2) is 0 Å². The molecule has 1 saturated heterocycles. The Balaban J connectivity index is 1.50. The summed E-state index contributed by atoms with van der Waals surface area (Å²) >= 11 is 12.3. The highest BCUT2D eigenvalue weighted by atomic mass is 35.5. The molecule has 1 aliphatic rings. The lowest BCUT2D eigenvalue weighted by atomic mass is 10.0. The van der Waals surface area contributed by atoms with Crippen LogP contribution < -0.4 is 20.7 Å². The van der Waals surface area contributed by atoms with Crippen LogP contribution in [0.5, 0.6) is 5.75 Å². The predicted molar refractivity (Wildman–Crippen MR) is 122 cm³/mol. The molecule has 0 amide bonds. The highest BCUT2D eigenvalue weighted by molar-refractivity contribution is 6.35. The first kappa shape index (κ1) is 21.3. The number of hydrogen-bond acceptors (Lipinski definition) is 8. The van der Waals surface area contributed by atoms with Gasteiger partial charge in [-0.05, 0) is 18.2 Å². The van der Waals surface area contributed by atoms with E-state index in [-0.39, 0.29) is 12.3 Å². The Labute approximate surface area is 189 Å². The minimum atomic E-state index is 0.166. The molecule has 0 bridgehead atoms. The van der Waals surface area contributed by atoms with Gasteiger partial charge in [0.2, 0.25) is 5.95 Å². The lowest BCUT2D eigenvalue weighted by molar-refractivity contribution is 0.306. The van der Waals surface area contributed by atoms with Gasteiger partial charge in [-0.3, -0.25) is 10.4 Å². The maximum Gasteiger partial charge on any atom is 0.225 e. The number of nitrogens with two attached hydrogens (primary N) is 1. The van der Waals surface area contributed by atoms with Crippen molar-refractivity contribution in [2.45, 2.75) is 6.61 Å². The standard InChI is InChI=1S/C21H21Cl2N7O/c22-17-10-27-11-18(23)16(17)12-31-14-1-2-19(24)15(7-14)20(25)13-8-28-21(29-9-13)30-5-3-26-4-6-30/h1-2,7-11,25-26H,3-6,12,24H2. The maximum absolute atomic E-state index is 8.60. The lowest BCUT2D eigenvalue weighted by Gasteiger charge is -2.27. The van der Waals surface area contributed by atoms with E-state index in [0.29, 0.717) is 44.1 Å². The summed E-state index contributed by atoms with van der Waals surface area (Å²) in [5, 5.41) is 12.8. The summed E-state index contributed by atoms with van der Waals surface area (Å²) in [4.78, 5) is 14.9. The molecule has 2 aromatic heterocycles. The second-order valence-corrected chi connectivity index (χ2v) is 7.82. The van der Waals surface area contributed by atoms with E-state index in [1.807, 2.05) is 0 Å². The number of anilines is 2. The first-order valence-corrected chi connectivity index (χ1v) is 10.5. The molecule has 1 aliphatic heterocycles. The summed E-state index contributed by atoms with van der Waals surface area (Å²) in [6, 6.07) is 5.15. The average molecular weight is 458 g/mol. The quantitative estimate of drug-likeness (QED) is 0.384. The van der Waals surface area contributed by atoms with E-state index in [9.17, 15) is 0 Å². The number of nitrogens with one attached hydrogen (secondary N) is 2. The third-order valence-corrected chi connectivity index (χ3v) is 5.61. The summed E-state index contributed by atoms with van der Waals surface area (Å²) in [5.41, 5.74) is 8.55. The molecule has 0 unspecified atom stereocenters. The van der Waals surface area contributed by atoms with Gasteiger partial charge in [-0.2, -0.15) is 0 Å². The van der Waals surface area contributed by atoms with Crippen LogP contribution in [-0.2, 0) is 6.61 Å². The van der Waals surface area contributed by atoms with E-state index in [1.54, 1.807) is 30.6 Å². The third-order valence-electron chi connectivity index (χ3n) is 4.96. The second kappa shape index (κ2) is 9.47. The molecule has 0 aliphatic carbocycles. The highest BCUT2D eigenvalue weighted by Crippen LogP contribution is 2.27. The number of benzene rings is 1. The Morgan fingerprint density at radius 2 is 1.77 bits per heavy atom. The normalized spacial score (nSPS) is 13.8. The van der Waals surface area contributed by atoms with Gasteiger partial charge in [-0.1, -0.05) is 23.2 Å². The van der Waals surface area contributed by atoms with Crippen molar-refractivity contribution in [1.29, 1.82) is 5.41 Å². The monoisotopic (exact) mass is 457 g/mol. The largest absolute Gasteiger partial charge is 0.489 e. The summed E-state index contributed by atoms with van der Waals surface area (Å²) in [7, 11) is 0. The van der Waals surface area contributed by atoms with Crippen LogP contribution in [0.1, 0.15) is 16.7 Å². The van der Waals surface area contributed by atoms with E-state index >= 15 is 0 Å². The van der Waals surface area contributed by atoms with E-state index in [2.05, 4.69) is 25.2 Å². The molecule has 3 aromatic rings. The third kappa shape index (κ3) is 4.87. The smallest absolute Gasteiger partial charge is 0.225 e. The van der Waals surface area contributed by atoms with Gasteiger partial charge in [-0.25, -0.2) is 9.97 Å². The number of rotatable bonds is 6. The topological polar surface area (TPSA) is 113 Å². The van der Waals surface area contributed by atoms with Gasteiger partial charge < -0.3 is 20.7 Å². The van der Waals surface area contributed by atoms with Crippen molar-refractivity contribution in [3.63, 3.8) is 0 Å². The van der Waals surface area contributed by atoms with Crippen LogP contribution in [0.15, 0.2) is 43.0 Å². The van der Waals surface area contributed by atoms with Gasteiger partial charge in [0.1, 0.15) is 12.4 Å². The summed E-state index contributed by atoms with van der Waals surface area (Å²) < 4.78 is 5.84. The van der Waals surface area contributed by atoms with E-state index < -0.39 is 0 Å². The van der Waals surface area contributed by atoms with Gasteiger partial charge >= 0.3 is 0 Å². The Bertz CT molecular complexity index is 1070. The molecule has 8 nitrogen and oxygen atoms in total. The Hall–Kier alpha value is -2.94. The van der Waals surface area contributed by atoms with Crippen molar-refractivity contribution in [3.05, 3.63) is 69.7 Å². The van der Waals surface area contributed by atoms with Crippen LogP contribution >= 0.6 is 23.2 Å². The average Bonchev–Trinajstić information content (AvgIpc) is 2.80. The maximum atomic E-state index is 8.60. The number of nitrogens with zero attached hydrogens (tertiary/aromatic N) is 4. The summed E-state index contributed by atoms with van der Waals surface area (Å²) in [6.45, 7) is 3.68. The minimum Gasteiger partial charge on any atom is -0.489 e. The van der Waals surface area contributed by atoms with E-state index in [1.165, 1.54) is 12.4 Å². The van der Waals surface area contributed by atoms with Crippen molar-refractivity contribution in [2.24, 2.45) is 0 Å². The van der Waals surface area contributed by atoms with Crippen molar-refractivity contribution in [1.82, 2.24) is 20.3 Å². The fourth-order valence-corrected chi connectivity index (χ4v) is 3.68. The highest BCUT2D eigenvalue weighted by Gasteiger charge is 2.16. The number of pyridine rings is 1. The molecule has 3 heterocycles. The summed E-state index contributed by atoms with van der Waals surface area (Å²) in [6.07, 6.45) is 6.33. The number of aromatic nitrogens is 3. The molecule has 1 fully saturated rings. The first-order valence-electron chi connectivity index (χ1n) is 9.70.